The number of Topliss-reactive ketones (excluding diaryl/α,β-unsaturated/α-hetero) is 1. The van der Waals surface area contributed by atoms with E-state index in [0.29, 0.717) is 16.4 Å². The Morgan fingerprint density at radius 3 is 3.14 bits per heavy atom. The Morgan fingerprint density at radius 1 is 1.64 bits per heavy atom. The number of halogens is 1. The maximum Gasteiger partial charge on any atom is 0.176 e. The Balaban J connectivity index is 2.57. The predicted molar refractivity (Wildman–Crippen MR) is 53.6 cm³/mol. The molecule has 2 aromatic rings. The molecule has 0 unspecified atom stereocenters. The van der Waals surface area contributed by atoms with Crippen molar-refractivity contribution in [3.8, 4) is 0 Å². The zero-order valence-corrected chi connectivity index (χ0v) is 8.03. The zero-order chi connectivity index (χ0) is 10.1. The van der Waals surface area contributed by atoms with Gasteiger partial charge >= 0.3 is 0 Å². The summed E-state index contributed by atoms with van der Waals surface area (Å²) in [5.41, 5.74) is 6.46. The fourth-order valence-corrected chi connectivity index (χ4v) is 1.43. The Labute approximate surface area is 85.3 Å². The van der Waals surface area contributed by atoms with Crippen molar-refractivity contribution in [2.45, 2.75) is 0 Å². The number of imidazole rings is 1. The summed E-state index contributed by atoms with van der Waals surface area (Å²) >= 11 is 5.83. The van der Waals surface area contributed by atoms with Crippen LogP contribution in [0.5, 0.6) is 0 Å². The Morgan fingerprint density at radius 2 is 2.43 bits per heavy atom. The van der Waals surface area contributed by atoms with Crippen molar-refractivity contribution in [3.05, 3.63) is 35.2 Å². The number of rotatable bonds is 2. The van der Waals surface area contributed by atoms with E-state index in [4.69, 9.17) is 17.3 Å². The molecule has 0 saturated carbocycles. The molecule has 4 nitrogen and oxygen atoms in total. The fraction of sp³-hybridized carbons (Fsp3) is 0.111. The number of nitrogens with two attached hydrogens (primary N) is 1. The number of nitrogens with zero attached hydrogens (tertiary/aromatic N) is 2. The monoisotopic (exact) mass is 209 g/mol. The fourth-order valence-electron chi connectivity index (χ4n) is 1.24. The minimum absolute atomic E-state index is 0.00458. The molecule has 0 radical (unpaired) electrons. The molecule has 72 valence electrons. The van der Waals surface area contributed by atoms with E-state index in [9.17, 15) is 4.79 Å². The van der Waals surface area contributed by atoms with Crippen molar-refractivity contribution in [2.75, 3.05) is 6.54 Å². The van der Waals surface area contributed by atoms with Gasteiger partial charge in [-0.3, -0.25) is 9.20 Å². The second-order valence-corrected chi connectivity index (χ2v) is 3.24. The molecule has 0 aliphatic heterocycles. The first-order chi connectivity index (χ1) is 6.72. The molecule has 2 heterocycles. The number of pyridine rings is 1. The first kappa shape index (κ1) is 9.18. The largest absolute Gasteiger partial charge is 0.324 e. The minimum atomic E-state index is -0.105. The van der Waals surface area contributed by atoms with Crippen LogP contribution in [-0.2, 0) is 0 Å². The van der Waals surface area contributed by atoms with Crippen molar-refractivity contribution in [2.24, 2.45) is 5.73 Å². The lowest BCUT2D eigenvalue weighted by Gasteiger charge is -1.99. The summed E-state index contributed by atoms with van der Waals surface area (Å²) in [4.78, 5) is 15.3. The summed E-state index contributed by atoms with van der Waals surface area (Å²) in [6.07, 6.45) is 3.24. The predicted octanol–water partition coefficient (Wildman–Crippen LogP) is 1.13. The van der Waals surface area contributed by atoms with Crippen molar-refractivity contribution in [3.63, 3.8) is 0 Å². The number of aromatic nitrogens is 2. The number of hydrogen-bond acceptors (Lipinski definition) is 3. The Bertz CT molecular complexity index is 492. The Kier molecular flexibility index (Phi) is 2.23. The van der Waals surface area contributed by atoms with Crippen LogP contribution < -0.4 is 5.73 Å². The highest BCUT2D eigenvalue weighted by molar-refractivity contribution is 6.29. The molecule has 0 saturated heterocycles. The van der Waals surface area contributed by atoms with Gasteiger partial charge in [0, 0.05) is 11.8 Å². The van der Waals surface area contributed by atoms with Crippen molar-refractivity contribution in [1.29, 1.82) is 0 Å². The topological polar surface area (TPSA) is 60.4 Å². The van der Waals surface area contributed by atoms with E-state index in [1.807, 2.05) is 0 Å². The molecule has 14 heavy (non-hydrogen) atoms. The molecule has 0 fully saturated rings. The first-order valence-corrected chi connectivity index (χ1v) is 4.46. The van der Waals surface area contributed by atoms with Gasteiger partial charge in [-0.2, -0.15) is 0 Å². The molecule has 0 aromatic carbocycles. The van der Waals surface area contributed by atoms with E-state index in [0.717, 1.165) is 0 Å². The molecular weight excluding hydrogens is 202 g/mol. The van der Waals surface area contributed by atoms with Crippen LogP contribution in [0, 0.1) is 0 Å². The molecule has 2 N–H and O–H groups in total. The number of carbonyl (C=O) groups excluding carboxylic acids is 1. The van der Waals surface area contributed by atoms with Gasteiger partial charge in [-0.25, -0.2) is 4.98 Å². The second-order valence-electron chi connectivity index (χ2n) is 2.85. The molecule has 0 atom stereocenters. The van der Waals surface area contributed by atoms with E-state index >= 15 is 0 Å². The van der Waals surface area contributed by atoms with E-state index in [2.05, 4.69) is 4.98 Å². The maximum atomic E-state index is 11.3. The van der Waals surface area contributed by atoms with Crippen molar-refractivity contribution < 1.29 is 4.79 Å². The smallest absolute Gasteiger partial charge is 0.176 e. The molecule has 2 aromatic heterocycles. The maximum absolute atomic E-state index is 11.3. The quantitative estimate of drug-likeness (QED) is 0.755. The highest BCUT2D eigenvalue weighted by Crippen LogP contribution is 2.13. The molecule has 0 aliphatic rings. The average Bonchev–Trinajstić information content (AvgIpc) is 2.59. The first-order valence-electron chi connectivity index (χ1n) is 4.08. The minimum Gasteiger partial charge on any atom is -0.324 e. The third kappa shape index (κ3) is 1.38. The molecule has 5 heteroatoms. The number of hydrogen-bond donors (Lipinski definition) is 1. The standard InChI is InChI=1S/C9H8ClN3O/c10-8-5-12-9-3-6(7(14)4-11)1-2-13(8)9/h1-3,5H,4,11H2. The van der Waals surface area contributed by atoms with Gasteiger partial charge < -0.3 is 5.73 Å². The van der Waals surface area contributed by atoms with Crippen LogP contribution in [0.3, 0.4) is 0 Å². The summed E-state index contributed by atoms with van der Waals surface area (Å²) in [6.45, 7) is 0.00458. The van der Waals surface area contributed by atoms with Gasteiger partial charge in [-0.1, -0.05) is 11.6 Å². The van der Waals surface area contributed by atoms with Gasteiger partial charge in [0.05, 0.1) is 12.7 Å². The van der Waals surface area contributed by atoms with Crippen LogP contribution in [0.15, 0.2) is 24.5 Å². The summed E-state index contributed by atoms with van der Waals surface area (Å²) in [5, 5.41) is 0.520. The van der Waals surface area contributed by atoms with Gasteiger partial charge in [0.25, 0.3) is 0 Å². The number of ketones is 1. The second kappa shape index (κ2) is 3.40. The summed E-state index contributed by atoms with van der Waals surface area (Å²) in [6, 6.07) is 3.34. The van der Waals surface area contributed by atoms with Crippen LogP contribution in [0.25, 0.3) is 5.65 Å². The normalized spacial score (nSPS) is 10.7. The van der Waals surface area contributed by atoms with Crippen molar-refractivity contribution >= 4 is 23.0 Å². The highest BCUT2D eigenvalue weighted by atomic mass is 35.5. The molecule has 0 amide bonds. The van der Waals surface area contributed by atoms with Crippen LogP contribution >= 0.6 is 11.6 Å². The number of carbonyl (C=O) groups is 1. The molecule has 0 bridgehead atoms. The van der Waals surface area contributed by atoms with Crippen LogP contribution in [-0.4, -0.2) is 21.7 Å². The summed E-state index contributed by atoms with van der Waals surface area (Å²) in [5.74, 6) is -0.105. The van der Waals surface area contributed by atoms with Gasteiger partial charge in [-0.15, -0.1) is 0 Å². The van der Waals surface area contributed by atoms with Crippen LogP contribution in [0.2, 0.25) is 5.15 Å². The Hall–Kier alpha value is -1.39. The van der Waals surface area contributed by atoms with Gasteiger partial charge in [-0.05, 0) is 12.1 Å². The van der Waals surface area contributed by atoms with Crippen LogP contribution in [0.4, 0.5) is 0 Å². The van der Waals surface area contributed by atoms with Crippen molar-refractivity contribution in [1.82, 2.24) is 9.38 Å². The highest BCUT2D eigenvalue weighted by Gasteiger charge is 2.06. The van der Waals surface area contributed by atoms with Gasteiger partial charge in [0.1, 0.15) is 10.8 Å². The number of fused-ring (bicyclic) bond motifs is 1. The average molecular weight is 210 g/mol. The third-order valence-electron chi connectivity index (χ3n) is 1.98. The summed E-state index contributed by atoms with van der Waals surface area (Å²) < 4.78 is 1.69. The van der Waals surface area contributed by atoms with E-state index in [1.165, 1.54) is 6.20 Å². The molecule has 0 aliphatic carbocycles. The van der Waals surface area contributed by atoms with Gasteiger partial charge in [0.2, 0.25) is 0 Å². The lowest BCUT2D eigenvalue weighted by Crippen LogP contribution is -2.13. The van der Waals surface area contributed by atoms with Gasteiger partial charge in [0.15, 0.2) is 5.78 Å². The van der Waals surface area contributed by atoms with E-state index < -0.39 is 0 Å². The molecule has 0 spiro atoms. The lowest BCUT2D eigenvalue weighted by molar-refractivity contribution is 0.100. The SMILES string of the molecule is NCC(=O)c1ccn2c(Cl)cnc2c1. The molecule has 2 rings (SSSR count). The van der Waals surface area contributed by atoms with E-state index in [1.54, 1.807) is 22.7 Å². The van der Waals surface area contributed by atoms with Crippen LogP contribution in [0.1, 0.15) is 10.4 Å². The van der Waals surface area contributed by atoms with E-state index in [-0.39, 0.29) is 12.3 Å². The third-order valence-corrected chi connectivity index (χ3v) is 2.26. The zero-order valence-electron chi connectivity index (χ0n) is 7.27. The summed E-state index contributed by atoms with van der Waals surface area (Å²) in [7, 11) is 0. The lowest BCUT2D eigenvalue weighted by atomic mass is 10.2. The molecular formula is C9H8ClN3O.